The summed E-state index contributed by atoms with van der Waals surface area (Å²) in [5.74, 6) is 0.534. The first-order chi connectivity index (χ1) is 11.7. The molecule has 2 aromatic carbocycles. The minimum absolute atomic E-state index is 0.0748. The summed E-state index contributed by atoms with van der Waals surface area (Å²) in [5, 5.41) is 0. The number of hydrogen-bond acceptors (Lipinski definition) is 3. The van der Waals surface area contributed by atoms with Crippen molar-refractivity contribution in [3.05, 3.63) is 72.8 Å². The number of rotatable bonds is 7. The molecule has 0 aliphatic carbocycles. The highest BCUT2D eigenvalue weighted by atomic mass is 16.5. The van der Waals surface area contributed by atoms with Crippen molar-refractivity contribution in [2.24, 2.45) is 0 Å². The lowest BCUT2D eigenvalue weighted by molar-refractivity contribution is -0.114. The van der Waals surface area contributed by atoms with Crippen molar-refractivity contribution in [1.29, 1.82) is 0 Å². The molecule has 0 saturated heterocycles. The molecular weight excluding hydrogens is 300 g/mol. The summed E-state index contributed by atoms with van der Waals surface area (Å²) in [6.45, 7) is 6.55. The molecule has 0 unspecified atom stereocenters. The molecule has 0 aliphatic heterocycles. The number of ether oxygens (including phenoxy) is 1. The highest BCUT2D eigenvalue weighted by molar-refractivity contribution is 6.03. The van der Waals surface area contributed by atoms with Gasteiger partial charge in [-0.3, -0.25) is 4.79 Å². The summed E-state index contributed by atoms with van der Waals surface area (Å²) >= 11 is 0. The molecule has 2 aromatic rings. The zero-order valence-electron chi connectivity index (χ0n) is 13.8. The van der Waals surface area contributed by atoms with Crippen LogP contribution in [0.3, 0.4) is 0 Å². The van der Waals surface area contributed by atoms with E-state index in [-0.39, 0.29) is 5.91 Å². The zero-order valence-corrected chi connectivity index (χ0v) is 13.8. The third kappa shape index (κ3) is 4.49. The van der Waals surface area contributed by atoms with E-state index in [2.05, 4.69) is 6.58 Å². The van der Waals surface area contributed by atoms with E-state index in [1.54, 1.807) is 35.3 Å². The Morgan fingerprint density at radius 2 is 2.00 bits per heavy atom. The minimum Gasteiger partial charge on any atom is -0.487 e. The molecule has 24 heavy (non-hydrogen) atoms. The molecule has 124 valence electrons. The van der Waals surface area contributed by atoms with E-state index >= 15 is 0 Å². The average Bonchev–Trinajstić information content (AvgIpc) is 2.61. The second kappa shape index (κ2) is 8.58. The van der Waals surface area contributed by atoms with E-state index in [1.165, 1.54) is 0 Å². The molecule has 2 rings (SSSR count). The third-order valence-electron chi connectivity index (χ3n) is 3.46. The van der Waals surface area contributed by atoms with Crippen LogP contribution in [0.1, 0.15) is 12.5 Å². The molecule has 2 N–H and O–H groups in total. The predicted molar refractivity (Wildman–Crippen MR) is 100 cm³/mol. The SMILES string of the molecule is C=CCOc1ccc(/C=C\C(=O)N(CC)c2ccccc2)cc1N. The van der Waals surface area contributed by atoms with Crippen LogP contribution in [0, 0.1) is 0 Å². The number of likely N-dealkylation sites (N-methyl/N-ethyl adjacent to an activating group) is 1. The first kappa shape index (κ1) is 17.3. The van der Waals surface area contributed by atoms with Gasteiger partial charge < -0.3 is 15.4 Å². The number of anilines is 2. The van der Waals surface area contributed by atoms with Crippen LogP contribution in [0.25, 0.3) is 6.08 Å². The molecule has 0 aliphatic rings. The van der Waals surface area contributed by atoms with E-state index in [4.69, 9.17) is 10.5 Å². The third-order valence-corrected chi connectivity index (χ3v) is 3.46. The quantitative estimate of drug-likeness (QED) is 0.478. The predicted octanol–water partition coefficient (Wildman–Crippen LogP) is 3.90. The number of para-hydroxylation sites is 1. The van der Waals surface area contributed by atoms with Crippen molar-refractivity contribution < 1.29 is 9.53 Å². The van der Waals surface area contributed by atoms with Crippen LogP contribution in [-0.2, 0) is 4.79 Å². The molecule has 4 heteroatoms. The number of nitrogen functional groups attached to an aromatic ring is 1. The Labute approximate surface area is 142 Å². The van der Waals surface area contributed by atoms with Gasteiger partial charge in [0.2, 0.25) is 0 Å². The Kier molecular flexibility index (Phi) is 6.20. The fourth-order valence-electron chi connectivity index (χ4n) is 2.28. The standard InChI is InChI=1S/C20H22N2O2/c1-3-14-24-19-12-10-16(15-18(19)21)11-13-20(23)22(4-2)17-8-6-5-7-9-17/h3,5-13,15H,1,4,14,21H2,2H3/b13-11-. The summed E-state index contributed by atoms with van der Waals surface area (Å²) < 4.78 is 5.44. The average molecular weight is 322 g/mol. The first-order valence-corrected chi connectivity index (χ1v) is 7.83. The van der Waals surface area contributed by atoms with Crippen molar-refractivity contribution in [2.45, 2.75) is 6.92 Å². The van der Waals surface area contributed by atoms with Crippen LogP contribution in [0.2, 0.25) is 0 Å². The lowest BCUT2D eigenvalue weighted by atomic mass is 10.1. The number of nitrogens with zero attached hydrogens (tertiary/aromatic N) is 1. The second-order valence-electron chi connectivity index (χ2n) is 5.15. The maximum atomic E-state index is 12.4. The number of benzene rings is 2. The van der Waals surface area contributed by atoms with Gasteiger partial charge >= 0.3 is 0 Å². The van der Waals surface area contributed by atoms with Gasteiger partial charge in [0, 0.05) is 18.3 Å². The normalized spacial score (nSPS) is 10.5. The maximum absolute atomic E-state index is 12.4. The van der Waals surface area contributed by atoms with Crippen molar-refractivity contribution in [2.75, 3.05) is 23.8 Å². The first-order valence-electron chi connectivity index (χ1n) is 7.83. The lowest BCUT2D eigenvalue weighted by Gasteiger charge is -2.19. The number of nitrogens with two attached hydrogens (primary N) is 1. The van der Waals surface area contributed by atoms with Crippen molar-refractivity contribution in [3.8, 4) is 5.75 Å². The molecule has 4 nitrogen and oxygen atoms in total. The van der Waals surface area contributed by atoms with Crippen LogP contribution >= 0.6 is 0 Å². The Hall–Kier alpha value is -3.01. The summed E-state index contributed by atoms with van der Waals surface area (Å²) in [6.07, 6.45) is 4.96. The van der Waals surface area contributed by atoms with E-state index in [1.807, 2.05) is 43.3 Å². The zero-order chi connectivity index (χ0) is 17.4. The fraction of sp³-hybridized carbons (Fsp3) is 0.150. The fourth-order valence-corrected chi connectivity index (χ4v) is 2.28. The number of carbonyl (C=O) groups excluding carboxylic acids is 1. The topological polar surface area (TPSA) is 55.6 Å². The largest absolute Gasteiger partial charge is 0.487 e. The maximum Gasteiger partial charge on any atom is 0.250 e. The van der Waals surface area contributed by atoms with Gasteiger partial charge in [-0.1, -0.05) is 36.9 Å². The van der Waals surface area contributed by atoms with Crippen LogP contribution < -0.4 is 15.4 Å². The molecule has 0 fully saturated rings. The van der Waals surface area contributed by atoms with Crippen LogP contribution in [0.5, 0.6) is 5.75 Å². The monoisotopic (exact) mass is 322 g/mol. The summed E-state index contributed by atoms with van der Waals surface area (Å²) in [5.41, 5.74) is 8.21. The van der Waals surface area contributed by atoms with Gasteiger partial charge in [-0.05, 0) is 42.8 Å². The van der Waals surface area contributed by atoms with Gasteiger partial charge in [0.05, 0.1) is 5.69 Å². The highest BCUT2D eigenvalue weighted by Crippen LogP contribution is 2.23. The van der Waals surface area contributed by atoms with Gasteiger partial charge in [-0.15, -0.1) is 0 Å². The Morgan fingerprint density at radius 3 is 2.62 bits per heavy atom. The molecule has 0 atom stereocenters. The summed E-state index contributed by atoms with van der Waals surface area (Å²) in [4.78, 5) is 14.1. The summed E-state index contributed by atoms with van der Waals surface area (Å²) in [6, 6.07) is 15.0. The Bertz CT molecular complexity index is 724. The Morgan fingerprint density at radius 1 is 1.25 bits per heavy atom. The molecule has 0 radical (unpaired) electrons. The molecule has 0 spiro atoms. The van der Waals surface area contributed by atoms with Gasteiger partial charge in [0.25, 0.3) is 5.91 Å². The lowest BCUT2D eigenvalue weighted by Crippen LogP contribution is -2.28. The van der Waals surface area contributed by atoms with Crippen LogP contribution in [0.4, 0.5) is 11.4 Å². The van der Waals surface area contributed by atoms with E-state index in [0.29, 0.717) is 24.6 Å². The number of carbonyl (C=O) groups is 1. The smallest absolute Gasteiger partial charge is 0.250 e. The van der Waals surface area contributed by atoms with Crippen molar-refractivity contribution in [3.63, 3.8) is 0 Å². The van der Waals surface area contributed by atoms with E-state index < -0.39 is 0 Å². The molecule has 1 amide bonds. The number of amides is 1. The molecular formula is C20H22N2O2. The molecule has 0 bridgehead atoms. The molecule has 0 aromatic heterocycles. The van der Waals surface area contributed by atoms with Crippen molar-refractivity contribution >= 4 is 23.4 Å². The molecule has 0 saturated carbocycles. The number of hydrogen-bond donors (Lipinski definition) is 1. The minimum atomic E-state index is -0.0748. The van der Waals surface area contributed by atoms with E-state index in [0.717, 1.165) is 11.3 Å². The van der Waals surface area contributed by atoms with E-state index in [9.17, 15) is 4.79 Å². The Balaban J connectivity index is 2.10. The molecule has 0 heterocycles. The van der Waals surface area contributed by atoms with Crippen LogP contribution in [0.15, 0.2) is 67.3 Å². The van der Waals surface area contributed by atoms with Gasteiger partial charge in [0.15, 0.2) is 0 Å². The van der Waals surface area contributed by atoms with Crippen LogP contribution in [-0.4, -0.2) is 19.1 Å². The van der Waals surface area contributed by atoms with Gasteiger partial charge in [0.1, 0.15) is 12.4 Å². The van der Waals surface area contributed by atoms with Gasteiger partial charge in [-0.2, -0.15) is 0 Å². The van der Waals surface area contributed by atoms with Gasteiger partial charge in [-0.25, -0.2) is 0 Å². The summed E-state index contributed by atoms with van der Waals surface area (Å²) in [7, 11) is 0. The second-order valence-corrected chi connectivity index (χ2v) is 5.15. The van der Waals surface area contributed by atoms with Crippen molar-refractivity contribution in [1.82, 2.24) is 0 Å². The highest BCUT2D eigenvalue weighted by Gasteiger charge is 2.10.